The molecule has 1 aliphatic heterocycles. The Kier molecular flexibility index (Phi) is 4.27. The summed E-state index contributed by atoms with van der Waals surface area (Å²) in [5.41, 5.74) is 2.55. The number of benzene rings is 1. The molecule has 0 unspecified atom stereocenters. The molecule has 0 aliphatic carbocycles. The molecule has 0 N–H and O–H groups in total. The van der Waals surface area contributed by atoms with E-state index in [2.05, 4.69) is 45.7 Å². The van der Waals surface area contributed by atoms with E-state index in [9.17, 15) is 4.79 Å². The van der Waals surface area contributed by atoms with Gasteiger partial charge in [-0.05, 0) is 40.4 Å². The Bertz CT molecular complexity index is 1100. The fourth-order valence-electron chi connectivity index (χ4n) is 3.61. The number of thiophene rings is 2. The van der Waals surface area contributed by atoms with Crippen molar-refractivity contribution in [2.75, 3.05) is 6.54 Å². The normalized spacial score (nSPS) is 17.1. The van der Waals surface area contributed by atoms with Crippen LogP contribution in [-0.2, 0) is 13.1 Å². The molecule has 0 amide bonds. The van der Waals surface area contributed by atoms with Gasteiger partial charge in [-0.3, -0.25) is 4.90 Å². The fraction of sp³-hybridized carbons (Fsp3) is 0.200. The minimum atomic E-state index is -0.415. The first kappa shape index (κ1) is 16.7. The number of rotatable bonds is 4. The van der Waals surface area contributed by atoms with Crippen molar-refractivity contribution in [3.8, 4) is 10.8 Å². The van der Waals surface area contributed by atoms with Crippen molar-refractivity contribution in [3.05, 3.63) is 85.8 Å². The average molecular weight is 396 g/mol. The first-order valence-electron chi connectivity index (χ1n) is 8.77. The van der Waals surface area contributed by atoms with Gasteiger partial charge in [-0.1, -0.05) is 36.4 Å². The van der Waals surface area contributed by atoms with E-state index in [1.54, 1.807) is 0 Å². The first-order chi connectivity index (χ1) is 13.3. The van der Waals surface area contributed by atoms with Crippen LogP contribution in [0, 0.1) is 0 Å². The Morgan fingerprint density at radius 2 is 1.96 bits per heavy atom. The van der Waals surface area contributed by atoms with Gasteiger partial charge in [-0.25, -0.2) is 4.79 Å². The van der Waals surface area contributed by atoms with Crippen molar-refractivity contribution in [1.82, 2.24) is 14.7 Å². The predicted octanol–water partition coefficient (Wildman–Crippen LogP) is 4.23. The molecule has 4 aromatic rings. The molecule has 0 saturated carbocycles. The van der Waals surface area contributed by atoms with E-state index in [1.165, 1.54) is 32.0 Å². The lowest BCUT2D eigenvalue weighted by Crippen LogP contribution is -2.39. The van der Waals surface area contributed by atoms with Gasteiger partial charge in [0.05, 0.1) is 10.9 Å². The van der Waals surface area contributed by atoms with Crippen LogP contribution in [-0.4, -0.2) is 21.2 Å². The molecule has 0 spiro atoms. The second-order valence-electron chi connectivity index (χ2n) is 6.47. The van der Waals surface area contributed by atoms with E-state index in [0.29, 0.717) is 12.6 Å². The molecule has 5 rings (SSSR count). The largest absolute Gasteiger partial charge is 0.438 e. The Balaban J connectivity index is 1.50. The van der Waals surface area contributed by atoms with Gasteiger partial charge in [0.15, 0.2) is 0 Å². The summed E-state index contributed by atoms with van der Waals surface area (Å²) in [5, 5.41) is 8.53. The minimum absolute atomic E-state index is 0.120. The number of nitrogens with zero attached hydrogens (tertiary/aromatic N) is 3. The highest BCUT2D eigenvalue weighted by molar-refractivity contribution is 7.13. The second-order valence-corrected chi connectivity index (χ2v) is 8.41. The van der Waals surface area contributed by atoms with Crippen molar-refractivity contribution in [2.45, 2.75) is 19.1 Å². The summed E-state index contributed by atoms with van der Waals surface area (Å²) in [6.07, 6.45) is 0.987. The van der Waals surface area contributed by atoms with E-state index in [4.69, 9.17) is 4.42 Å². The Morgan fingerprint density at radius 1 is 1.07 bits per heavy atom. The average Bonchev–Trinajstić information content (AvgIpc) is 3.43. The molecule has 0 radical (unpaired) electrons. The van der Waals surface area contributed by atoms with Crippen molar-refractivity contribution >= 4 is 22.7 Å². The highest BCUT2D eigenvalue weighted by Gasteiger charge is 2.30. The lowest BCUT2D eigenvalue weighted by molar-refractivity contribution is 0.152. The maximum Gasteiger partial charge on any atom is 0.438 e. The minimum Gasteiger partial charge on any atom is -0.387 e. The smallest absolute Gasteiger partial charge is 0.387 e. The quantitative estimate of drug-likeness (QED) is 0.519. The van der Waals surface area contributed by atoms with Crippen LogP contribution in [0.25, 0.3) is 10.8 Å². The zero-order valence-electron chi connectivity index (χ0n) is 14.4. The highest BCUT2D eigenvalue weighted by atomic mass is 32.1. The van der Waals surface area contributed by atoms with Gasteiger partial charge in [0, 0.05) is 11.4 Å². The fourth-order valence-corrected chi connectivity index (χ4v) is 5.16. The zero-order valence-corrected chi connectivity index (χ0v) is 16.1. The van der Waals surface area contributed by atoms with Crippen LogP contribution in [0.3, 0.4) is 0 Å². The Hall–Kier alpha value is -2.48. The van der Waals surface area contributed by atoms with Gasteiger partial charge < -0.3 is 4.42 Å². The van der Waals surface area contributed by atoms with Crippen LogP contribution < -0.4 is 5.76 Å². The second kappa shape index (κ2) is 6.92. The maximum atomic E-state index is 12.4. The molecular formula is C20H17N3O2S2. The van der Waals surface area contributed by atoms with Crippen LogP contribution in [0.1, 0.15) is 22.0 Å². The summed E-state index contributed by atoms with van der Waals surface area (Å²) in [6.45, 7) is 1.28. The van der Waals surface area contributed by atoms with E-state index in [0.717, 1.165) is 17.8 Å². The van der Waals surface area contributed by atoms with Gasteiger partial charge in [-0.15, -0.1) is 27.8 Å². The van der Waals surface area contributed by atoms with Gasteiger partial charge in [0.2, 0.25) is 0 Å². The number of hydrogen-bond donors (Lipinski definition) is 0. The topological polar surface area (TPSA) is 51.3 Å². The third-order valence-corrected chi connectivity index (χ3v) is 6.69. The molecule has 27 heavy (non-hydrogen) atoms. The monoisotopic (exact) mass is 395 g/mol. The molecule has 1 aromatic carbocycles. The maximum absolute atomic E-state index is 12.4. The SMILES string of the molecule is O=c1oc(-c2cccs2)nn1CN1CCc2sccc2[C@@H]1c1ccccc1. The molecule has 4 heterocycles. The third-order valence-electron chi connectivity index (χ3n) is 4.83. The van der Waals surface area contributed by atoms with Crippen molar-refractivity contribution in [2.24, 2.45) is 0 Å². The van der Waals surface area contributed by atoms with Crippen molar-refractivity contribution in [3.63, 3.8) is 0 Å². The summed E-state index contributed by atoms with van der Waals surface area (Å²) < 4.78 is 6.81. The first-order valence-corrected chi connectivity index (χ1v) is 10.5. The van der Waals surface area contributed by atoms with Crippen LogP contribution in [0.2, 0.25) is 0 Å². The van der Waals surface area contributed by atoms with Crippen LogP contribution in [0.15, 0.2) is 68.5 Å². The lowest BCUT2D eigenvalue weighted by Gasteiger charge is -2.35. The van der Waals surface area contributed by atoms with Gasteiger partial charge in [0.1, 0.15) is 6.67 Å². The molecule has 7 heteroatoms. The Labute approximate surface area is 164 Å². The lowest BCUT2D eigenvalue weighted by atomic mass is 9.94. The van der Waals surface area contributed by atoms with Gasteiger partial charge in [-0.2, -0.15) is 4.68 Å². The summed E-state index contributed by atoms with van der Waals surface area (Å²) in [7, 11) is 0. The van der Waals surface area contributed by atoms with Crippen LogP contribution >= 0.6 is 22.7 Å². The molecule has 1 aliphatic rings. The molecular weight excluding hydrogens is 378 g/mol. The molecule has 0 bridgehead atoms. The van der Waals surface area contributed by atoms with Gasteiger partial charge >= 0.3 is 5.76 Å². The van der Waals surface area contributed by atoms with E-state index < -0.39 is 5.76 Å². The van der Waals surface area contributed by atoms with Crippen LogP contribution in [0.5, 0.6) is 0 Å². The van der Waals surface area contributed by atoms with Crippen molar-refractivity contribution in [1.29, 1.82) is 0 Å². The number of hydrogen-bond acceptors (Lipinski definition) is 6. The third kappa shape index (κ3) is 3.07. The van der Waals surface area contributed by atoms with Crippen molar-refractivity contribution < 1.29 is 4.42 Å². The standard InChI is InChI=1S/C20H17N3O2S2/c24-20-23(21-19(25-20)17-7-4-11-26-17)13-22-10-8-16-15(9-12-27-16)18(22)14-5-2-1-3-6-14/h1-7,9,11-12,18H,8,10,13H2/t18-/m0/s1. The van der Waals surface area contributed by atoms with E-state index in [-0.39, 0.29) is 6.04 Å². The summed E-state index contributed by atoms with van der Waals surface area (Å²) in [6, 6.07) is 16.6. The molecule has 1 atom stereocenters. The number of fused-ring (bicyclic) bond motifs is 1. The molecule has 5 nitrogen and oxygen atoms in total. The summed E-state index contributed by atoms with van der Waals surface area (Å²) in [4.78, 5) is 16.9. The highest BCUT2D eigenvalue weighted by Crippen LogP contribution is 2.37. The summed E-state index contributed by atoms with van der Waals surface area (Å²) in [5.74, 6) is -0.0270. The molecule has 0 fully saturated rings. The molecule has 136 valence electrons. The zero-order chi connectivity index (χ0) is 18.2. The molecule has 0 saturated heterocycles. The van der Waals surface area contributed by atoms with Crippen LogP contribution in [0.4, 0.5) is 0 Å². The summed E-state index contributed by atoms with van der Waals surface area (Å²) >= 11 is 3.32. The Morgan fingerprint density at radius 3 is 2.78 bits per heavy atom. The predicted molar refractivity (Wildman–Crippen MR) is 107 cm³/mol. The van der Waals surface area contributed by atoms with E-state index in [1.807, 2.05) is 34.9 Å². The molecule has 3 aromatic heterocycles. The van der Waals surface area contributed by atoms with Gasteiger partial charge in [0.25, 0.3) is 5.89 Å². The van der Waals surface area contributed by atoms with E-state index >= 15 is 0 Å². The number of aromatic nitrogens is 2.